The number of rotatable bonds is 2. The van der Waals surface area contributed by atoms with Crippen molar-refractivity contribution in [2.75, 3.05) is 32.8 Å². The van der Waals surface area contributed by atoms with Crippen LogP contribution in [-0.2, 0) is 21.2 Å². The molecule has 1 amide bonds. The summed E-state index contributed by atoms with van der Waals surface area (Å²) in [5.41, 5.74) is 2.21. The van der Waals surface area contributed by atoms with Crippen molar-refractivity contribution < 1.29 is 22.7 Å². The predicted octanol–water partition coefficient (Wildman–Crippen LogP) is 1.59. The number of ether oxygens (including phenoxy) is 2. The van der Waals surface area contributed by atoms with Crippen molar-refractivity contribution in [2.24, 2.45) is 0 Å². The van der Waals surface area contributed by atoms with E-state index in [0.29, 0.717) is 31.3 Å². The summed E-state index contributed by atoms with van der Waals surface area (Å²) < 4.78 is 38.8. The van der Waals surface area contributed by atoms with Gasteiger partial charge in [-0.15, -0.1) is 0 Å². The van der Waals surface area contributed by atoms with Crippen LogP contribution in [0.1, 0.15) is 17.2 Å². The SMILES string of the molecule is O=C1CN(S(=O)(=O)c2ccc3c(c2)OCCO3)C[C@H]2c3ccccc3CCN12. The van der Waals surface area contributed by atoms with E-state index >= 15 is 0 Å². The summed E-state index contributed by atoms with van der Waals surface area (Å²) in [6.45, 7) is 1.55. The van der Waals surface area contributed by atoms with E-state index < -0.39 is 10.0 Å². The highest BCUT2D eigenvalue weighted by Gasteiger charge is 2.41. The molecule has 7 nitrogen and oxygen atoms in total. The topological polar surface area (TPSA) is 76.2 Å². The summed E-state index contributed by atoms with van der Waals surface area (Å²) in [5.74, 6) is 0.791. The molecule has 146 valence electrons. The van der Waals surface area contributed by atoms with Gasteiger partial charge in [-0.1, -0.05) is 24.3 Å². The molecule has 1 fully saturated rings. The number of nitrogens with zero attached hydrogens (tertiary/aromatic N) is 2. The summed E-state index contributed by atoms with van der Waals surface area (Å²) in [4.78, 5) is 14.7. The lowest BCUT2D eigenvalue weighted by Gasteiger charge is -2.44. The van der Waals surface area contributed by atoms with E-state index in [1.165, 1.54) is 22.0 Å². The summed E-state index contributed by atoms with van der Waals surface area (Å²) in [5, 5.41) is 0. The van der Waals surface area contributed by atoms with Gasteiger partial charge in [0, 0.05) is 19.2 Å². The first-order valence-corrected chi connectivity index (χ1v) is 10.7. The third kappa shape index (κ3) is 2.75. The van der Waals surface area contributed by atoms with E-state index in [2.05, 4.69) is 0 Å². The Morgan fingerprint density at radius 1 is 1.00 bits per heavy atom. The van der Waals surface area contributed by atoms with Gasteiger partial charge in [-0.3, -0.25) is 4.79 Å². The van der Waals surface area contributed by atoms with Gasteiger partial charge in [0.2, 0.25) is 15.9 Å². The molecule has 0 radical (unpaired) electrons. The first-order chi connectivity index (χ1) is 13.5. The number of carbonyl (C=O) groups is 1. The molecule has 0 spiro atoms. The largest absolute Gasteiger partial charge is 0.486 e. The van der Waals surface area contributed by atoms with E-state index in [1.54, 1.807) is 11.0 Å². The van der Waals surface area contributed by atoms with Crippen LogP contribution in [0.15, 0.2) is 47.4 Å². The van der Waals surface area contributed by atoms with Crippen LogP contribution < -0.4 is 9.47 Å². The fraction of sp³-hybridized carbons (Fsp3) is 0.350. The molecule has 2 aromatic rings. The monoisotopic (exact) mass is 400 g/mol. The molecule has 8 heteroatoms. The molecular formula is C20H20N2O5S. The molecule has 5 rings (SSSR count). The molecule has 3 aliphatic heterocycles. The Morgan fingerprint density at radius 3 is 2.64 bits per heavy atom. The minimum Gasteiger partial charge on any atom is -0.486 e. The fourth-order valence-corrected chi connectivity index (χ4v) is 5.57. The quantitative estimate of drug-likeness (QED) is 0.765. The van der Waals surface area contributed by atoms with Crippen LogP contribution in [0.2, 0.25) is 0 Å². The minimum absolute atomic E-state index is 0.113. The van der Waals surface area contributed by atoms with Crippen LogP contribution in [-0.4, -0.2) is 56.4 Å². The molecule has 2 aromatic carbocycles. The zero-order valence-electron chi connectivity index (χ0n) is 15.2. The van der Waals surface area contributed by atoms with Crippen LogP contribution >= 0.6 is 0 Å². The van der Waals surface area contributed by atoms with Crippen LogP contribution in [0.5, 0.6) is 11.5 Å². The Labute approximate surface area is 163 Å². The van der Waals surface area contributed by atoms with Crippen LogP contribution in [0, 0.1) is 0 Å². The Kier molecular flexibility index (Phi) is 4.06. The molecule has 1 saturated heterocycles. The summed E-state index contributed by atoms with van der Waals surface area (Å²) in [6, 6.07) is 12.3. The van der Waals surface area contributed by atoms with E-state index in [9.17, 15) is 13.2 Å². The summed E-state index contributed by atoms with van der Waals surface area (Å²) in [7, 11) is -3.83. The van der Waals surface area contributed by atoms with Gasteiger partial charge in [0.05, 0.1) is 17.5 Å². The van der Waals surface area contributed by atoms with Gasteiger partial charge in [0.1, 0.15) is 13.2 Å². The molecule has 3 aliphatic rings. The number of carbonyl (C=O) groups excluding carboxylic acids is 1. The highest BCUT2D eigenvalue weighted by atomic mass is 32.2. The molecule has 0 unspecified atom stereocenters. The Bertz CT molecular complexity index is 1050. The average molecular weight is 400 g/mol. The molecular weight excluding hydrogens is 380 g/mol. The third-order valence-corrected chi connectivity index (χ3v) is 7.38. The van der Waals surface area contributed by atoms with E-state index in [1.807, 2.05) is 24.3 Å². The van der Waals surface area contributed by atoms with E-state index in [4.69, 9.17) is 9.47 Å². The average Bonchev–Trinajstić information content (AvgIpc) is 2.73. The van der Waals surface area contributed by atoms with E-state index in [-0.39, 0.29) is 29.9 Å². The van der Waals surface area contributed by atoms with Gasteiger partial charge in [-0.2, -0.15) is 4.31 Å². The highest BCUT2D eigenvalue weighted by molar-refractivity contribution is 7.89. The zero-order chi connectivity index (χ0) is 19.3. The second-order valence-corrected chi connectivity index (χ2v) is 9.09. The molecule has 0 N–H and O–H groups in total. The zero-order valence-corrected chi connectivity index (χ0v) is 16.0. The van der Waals surface area contributed by atoms with Crippen molar-refractivity contribution in [2.45, 2.75) is 17.4 Å². The summed E-state index contributed by atoms with van der Waals surface area (Å²) in [6.07, 6.45) is 0.799. The third-order valence-electron chi connectivity index (χ3n) is 5.57. The van der Waals surface area contributed by atoms with E-state index in [0.717, 1.165) is 12.0 Å². The Morgan fingerprint density at radius 2 is 1.79 bits per heavy atom. The molecule has 0 aliphatic carbocycles. The van der Waals surface area contributed by atoms with Crippen molar-refractivity contribution in [3.63, 3.8) is 0 Å². The van der Waals surface area contributed by atoms with Crippen LogP contribution in [0.3, 0.4) is 0 Å². The normalized spacial score (nSPS) is 21.8. The lowest BCUT2D eigenvalue weighted by Crippen LogP contribution is -2.55. The van der Waals surface area contributed by atoms with Crippen molar-refractivity contribution in [1.82, 2.24) is 9.21 Å². The lowest BCUT2D eigenvalue weighted by molar-refractivity contribution is -0.138. The first-order valence-electron chi connectivity index (χ1n) is 9.31. The standard InChI is InChI=1S/C20H20N2O5S/c23-20-13-21(12-17-16-4-2-1-3-14(16)7-8-22(17)20)28(24,25)15-5-6-18-19(11-15)27-10-9-26-18/h1-6,11,17H,7-10,12-13H2/t17-/m0/s1. The molecule has 0 aromatic heterocycles. The second kappa shape index (κ2) is 6.49. The number of amides is 1. The number of benzene rings is 2. The van der Waals surface area contributed by atoms with Crippen molar-refractivity contribution >= 4 is 15.9 Å². The number of fused-ring (bicyclic) bond motifs is 4. The maximum absolute atomic E-state index is 13.3. The van der Waals surface area contributed by atoms with Gasteiger partial charge >= 0.3 is 0 Å². The van der Waals surface area contributed by atoms with Gasteiger partial charge < -0.3 is 14.4 Å². The van der Waals surface area contributed by atoms with Gasteiger partial charge in [0.15, 0.2) is 11.5 Å². The van der Waals surface area contributed by atoms with Gasteiger partial charge in [-0.25, -0.2) is 8.42 Å². The van der Waals surface area contributed by atoms with Crippen molar-refractivity contribution in [1.29, 1.82) is 0 Å². The molecule has 28 heavy (non-hydrogen) atoms. The lowest BCUT2D eigenvalue weighted by atomic mass is 9.91. The smallest absolute Gasteiger partial charge is 0.243 e. The number of hydrogen-bond donors (Lipinski definition) is 0. The maximum atomic E-state index is 13.3. The molecule has 3 heterocycles. The Balaban J connectivity index is 1.49. The van der Waals surface area contributed by atoms with Gasteiger partial charge in [-0.05, 0) is 29.7 Å². The number of piperazine rings is 1. The van der Waals surface area contributed by atoms with Gasteiger partial charge in [0.25, 0.3) is 0 Å². The number of hydrogen-bond acceptors (Lipinski definition) is 5. The molecule has 0 bridgehead atoms. The van der Waals surface area contributed by atoms with Crippen LogP contribution in [0.4, 0.5) is 0 Å². The highest BCUT2D eigenvalue weighted by Crippen LogP contribution is 2.37. The van der Waals surface area contributed by atoms with Crippen molar-refractivity contribution in [3.8, 4) is 11.5 Å². The molecule has 0 saturated carbocycles. The molecule has 1 atom stereocenters. The van der Waals surface area contributed by atoms with Crippen LogP contribution in [0.25, 0.3) is 0 Å². The first kappa shape index (κ1) is 17.5. The maximum Gasteiger partial charge on any atom is 0.243 e. The van der Waals surface area contributed by atoms with Crippen molar-refractivity contribution in [3.05, 3.63) is 53.6 Å². The summed E-state index contributed by atoms with van der Waals surface area (Å²) >= 11 is 0. The minimum atomic E-state index is -3.83. The predicted molar refractivity (Wildman–Crippen MR) is 101 cm³/mol. The second-order valence-electron chi connectivity index (χ2n) is 7.15. The Hall–Kier alpha value is -2.58. The fourth-order valence-electron chi connectivity index (χ4n) is 4.16. The number of sulfonamides is 1.